The third-order valence-corrected chi connectivity index (χ3v) is 9.08. The first-order valence-electron chi connectivity index (χ1n) is 19.7. The smallest absolute Gasteiger partial charge is 0.220 e. The summed E-state index contributed by atoms with van der Waals surface area (Å²) in [4.78, 5) is 19.3. The summed E-state index contributed by atoms with van der Waals surface area (Å²) in [7, 11) is 0. The van der Waals surface area contributed by atoms with E-state index in [1.54, 1.807) is 0 Å². The zero-order valence-electron chi connectivity index (χ0n) is 29.7. The molecule has 0 saturated carbocycles. The molecule has 4 nitrogen and oxygen atoms in total. The van der Waals surface area contributed by atoms with Crippen LogP contribution in [-0.4, -0.2) is 42.8 Å². The number of carbonyl (C=O) groups is 1. The van der Waals surface area contributed by atoms with Crippen LogP contribution in [0.25, 0.3) is 0 Å². The maximum absolute atomic E-state index is 12.3. The normalized spacial score (nSPS) is 13.5. The van der Waals surface area contributed by atoms with E-state index in [-0.39, 0.29) is 5.91 Å². The lowest BCUT2D eigenvalue weighted by Gasteiger charge is -2.18. The van der Waals surface area contributed by atoms with Gasteiger partial charge in [-0.3, -0.25) is 9.79 Å². The van der Waals surface area contributed by atoms with Gasteiger partial charge in [0.25, 0.3) is 0 Å². The van der Waals surface area contributed by atoms with Gasteiger partial charge in [-0.25, -0.2) is 0 Å². The van der Waals surface area contributed by atoms with Crippen LogP contribution in [0, 0.1) is 0 Å². The van der Waals surface area contributed by atoms with Crippen LogP contribution in [0.4, 0.5) is 0 Å². The Morgan fingerprint density at radius 3 is 1.55 bits per heavy atom. The predicted molar refractivity (Wildman–Crippen MR) is 196 cm³/mol. The summed E-state index contributed by atoms with van der Waals surface area (Å²) in [5.74, 6) is 1.31. The molecule has 0 bridgehead atoms. The zero-order valence-corrected chi connectivity index (χ0v) is 29.7. The first-order chi connectivity index (χ1) is 21.8. The third kappa shape index (κ3) is 26.8. The van der Waals surface area contributed by atoms with Crippen molar-refractivity contribution in [3.8, 4) is 0 Å². The van der Waals surface area contributed by atoms with Crippen molar-refractivity contribution in [3.05, 3.63) is 24.3 Å². The number of amides is 1. The topological polar surface area (TPSA) is 44.7 Å². The first kappa shape index (κ1) is 40.4. The number of unbranched alkanes of at least 4 members (excludes halogenated alkanes) is 24. The van der Waals surface area contributed by atoms with Gasteiger partial charge in [-0.15, -0.1) is 0 Å². The van der Waals surface area contributed by atoms with Gasteiger partial charge in [0.15, 0.2) is 0 Å². The molecule has 44 heavy (non-hydrogen) atoms. The van der Waals surface area contributed by atoms with Gasteiger partial charge in [0.1, 0.15) is 5.84 Å². The molecule has 1 heterocycles. The Balaban J connectivity index is 1.90. The number of nitrogens with one attached hydrogen (secondary N) is 1. The molecule has 1 rings (SSSR count). The highest BCUT2D eigenvalue weighted by atomic mass is 16.1. The number of nitrogens with zero attached hydrogens (tertiary/aromatic N) is 2. The van der Waals surface area contributed by atoms with Gasteiger partial charge < -0.3 is 10.2 Å². The highest BCUT2D eigenvalue weighted by Crippen LogP contribution is 2.14. The standard InChI is InChI=1S/C40H75N3O/c1-3-5-7-9-11-13-15-17-19-21-23-25-27-29-31-33-39-41-35-37-43(39)38-36-42-40(44)34-32-30-28-26-24-22-20-18-16-14-12-10-8-6-4-2/h18,20,31,33H,3-17,19,21-30,32,34-38H2,1-2H3,(H,42,44)/b20-18-,33-31?. The highest BCUT2D eigenvalue weighted by Gasteiger charge is 2.14. The molecule has 0 atom stereocenters. The number of allylic oxidation sites excluding steroid dienone is 3. The van der Waals surface area contributed by atoms with Crippen LogP contribution >= 0.6 is 0 Å². The van der Waals surface area contributed by atoms with Crippen LogP contribution in [0.2, 0.25) is 0 Å². The minimum atomic E-state index is 0.207. The Hall–Kier alpha value is -1.58. The molecule has 1 aliphatic rings. The number of hydrogen-bond donors (Lipinski definition) is 1. The van der Waals surface area contributed by atoms with Gasteiger partial charge in [0.2, 0.25) is 5.91 Å². The second kappa shape index (κ2) is 32.8. The van der Waals surface area contributed by atoms with E-state index in [0.717, 1.165) is 44.9 Å². The van der Waals surface area contributed by atoms with Gasteiger partial charge in [-0.05, 0) is 51.0 Å². The van der Waals surface area contributed by atoms with Crippen molar-refractivity contribution in [1.82, 2.24) is 10.2 Å². The number of amidine groups is 1. The van der Waals surface area contributed by atoms with Crippen molar-refractivity contribution in [2.24, 2.45) is 4.99 Å². The van der Waals surface area contributed by atoms with Crippen LogP contribution in [-0.2, 0) is 4.79 Å². The quantitative estimate of drug-likeness (QED) is 0.0591. The predicted octanol–water partition coefficient (Wildman–Crippen LogP) is 11.9. The zero-order chi connectivity index (χ0) is 31.6. The largest absolute Gasteiger partial charge is 0.354 e. The molecular formula is C40H75N3O. The minimum absolute atomic E-state index is 0.207. The Bertz CT molecular complexity index is 713. The Morgan fingerprint density at radius 2 is 1.05 bits per heavy atom. The molecule has 0 aliphatic carbocycles. The molecule has 0 radical (unpaired) electrons. The van der Waals surface area contributed by atoms with Crippen molar-refractivity contribution in [3.63, 3.8) is 0 Å². The average Bonchev–Trinajstić information content (AvgIpc) is 3.48. The molecule has 0 aromatic rings. The molecular weight excluding hydrogens is 538 g/mol. The molecule has 0 saturated heterocycles. The fourth-order valence-electron chi connectivity index (χ4n) is 6.13. The second-order valence-corrected chi connectivity index (χ2v) is 13.3. The van der Waals surface area contributed by atoms with Gasteiger partial charge in [-0.2, -0.15) is 0 Å². The Labute approximate surface area is 275 Å². The number of carbonyl (C=O) groups excluding carboxylic acids is 1. The van der Waals surface area contributed by atoms with Gasteiger partial charge in [0, 0.05) is 26.1 Å². The molecule has 1 amide bonds. The minimum Gasteiger partial charge on any atom is -0.354 e. The number of hydrogen-bond acceptors (Lipinski definition) is 3. The van der Waals surface area contributed by atoms with E-state index in [1.165, 1.54) is 161 Å². The SMILES string of the molecule is CCCCCCCC/C=C\CCCCCCCC(=O)NCCN1CCN=C1C=CCCCCCCCCCCCCCCC. The van der Waals surface area contributed by atoms with Crippen LogP contribution in [0.1, 0.15) is 194 Å². The average molecular weight is 614 g/mol. The Kier molecular flexibility index (Phi) is 30.2. The van der Waals surface area contributed by atoms with Crippen molar-refractivity contribution in [2.75, 3.05) is 26.2 Å². The summed E-state index contributed by atoms with van der Waals surface area (Å²) >= 11 is 0. The fraction of sp³-hybridized carbons (Fsp3) is 0.850. The molecule has 0 fully saturated rings. The van der Waals surface area contributed by atoms with Crippen molar-refractivity contribution >= 4 is 11.7 Å². The molecule has 256 valence electrons. The van der Waals surface area contributed by atoms with E-state index in [0.29, 0.717) is 6.42 Å². The van der Waals surface area contributed by atoms with Crippen LogP contribution in [0.3, 0.4) is 0 Å². The summed E-state index contributed by atoms with van der Waals surface area (Å²) in [6, 6.07) is 0. The van der Waals surface area contributed by atoms with Crippen molar-refractivity contribution in [2.45, 2.75) is 194 Å². The van der Waals surface area contributed by atoms with E-state index >= 15 is 0 Å². The summed E-state index contributed by atoms with van der Waals surface area (Å²) in [6.45, 7) is 8.00. The Morgan fingerprint density at radius 1 is 0.614 bits per heavy atom. The van der Waals surface area contributed by atoms with Crippen LogP contribution in [0.5, 0.6) is 0 Å². The first-order valence-corrected chi connectivity index (χ1v) is 19.7. The molecule has 0 aromatic heterocycles. The molecule has 0 unspecified atom stereocenters. The molecule has 0 spiro atoms. The maximum atomic E-state index is 12.3. The van der Waals surface area contributed by atoms with E-state index in [2.05, 4.69) is 53.4 Å². The molecule has 1 aliphatic heterocycles. The monoisotopic (exact) mass is 614 g/mol. The summed E-state index contributed by atoms with van der Waals surface area (Å²) < 4.78 is 0. The lowest BCUT2D eigenvalue weighted by atomic mass is 10.0. The second-order valence-electron chi connectivity index (χ2n) is 13.3. The van der Waals surface area contributed by atoms with Gasteiger partial charge >= 0.3 is 0 Å². The van der Waals surface area contributed by atoms with Gasteiger partial charge in [-0.1, -0.05) is 160 Å². The van der Waals surface area contributed by atoms with E-state index < -0.39 is 0 Å². The highest BCUT2D eigenvalue weighted by molar-refractivity contribution is 5.94. The lowest BCUT2D eigenvalue weighted by Crippen LogP contribution is -2.36. The number of rotatable bonds is 33. The summed E-state index contributed by atoms with van der Waals surface area (Å²) in [5.41, 5.74) is 0. The van der Waals surface area contributed by atoms with E-state index in [9.17, 15) is 4.79 Å². The summed E-state index contributed by atoms with van der Waals surface area (Å²) in [5, 5.41) is 3.13. The van der Waals surface area contributed by atoms with Gasteiger partial charge in [0.05, 0.1) is 6.54 Å². The molecule has 4 heteroatoms. The van der Waals surface area contributed by atoms with Crippen LogP contribution in [0.15, 0.2) is 29.3 Å². The molecule has 0 aromatic carbocycles. The number of aliphatic imine (C=N–C) groups is 1. The molecule has 1 N–H and O–H groups in total. The third-order valence-electron chi connectivity index (χ3n) is 9.08. The van der Waals surface area contributed by atoms with E-state index in [4.69, 9.17) is 0 Å². The van der Waals surface area contributed by atoms with E-state index in [1.807, 2.05) is 0 Å². The van der Waals surface area contributed by atoms with Crippen LogP contribution < -0.4 is 5.32 Å². The maximum Gasteiger partial charge on any atom is 0.220 e. The summed E-state index contributed by atoms with van der Waals surface area (Å²) in [6.07, 6.45) is 46.1. The fourth-order valence-corrected chi connectivity index (χ4v) is 6.13. The lowest BCUT2D eigenvalue weighted by molar-refractivity contribution is -0.121. The van der Waals surface area contributed by atoms with Crippen molar-refractivity contribution in [1.29, 1.82) is 0 Å². The van der Waals surface area contributed by atoms with Crippen molar-refractivity contribution < 1.29 is 4.79 Å².